The van der Waals surface area contributed by atoms with Gasteiger partial charge in [0.25, 0.3) is 0 Å². The predicted octanol–water partition coefficient (Wildman–Crippen LogP) is 3.26. The number of nitro benzene ring substituents is 1. The Balaban J connectivity index is 2.21. The molecule has 1 aromatic carbocycles. The normalized spacial score (nSPS) is 10.3. The number of nitrogens with zero attached hydrogens (tertiary/aromatic N) is 1. The monoisotopic (exact) mass is 280 g/mol. The molecule has 20 heavy (non-hydrogen) atoms. The number of hydrogen-bond acceptors (Lipinski definition) is 5. The van der Waals surface area contributed by atoms with Crippen LogP contribution in [-0.4, -0.2) is 12.0 Å². The molecule has 2 aromatic rings. The van der Waals surface area contributed by atoms with Crippen LogP contribution in [0.15, 0.2) is 28.7 Å². The summed E-state index contributed by atoms with van der Waals surface area (Å²) in [5.74, 6) is 0.665. The predicted molar refractivity (Wildman–Crippen MR) is 70.4 cm³/mol. The molecule has 0 spiro atoms. The topological polar surface area (TPSA) is 77.5 Å². The van der Waals surface area contributed by atoms with Crippen LogP contribution in [0.2, 0.25) is 0 Å². The highest BCUT2D eigenvalue weighted by Crippen LogP contribution is 2.32. The lowest BCUT2D eigenvalue weighted by atomic mass is 10.2. The standard InChI is InChI=1S/C13H13FN2O4/c1-8-3-4-9(20-8)7-15-11-6-13(19-2)12(16(17)18)5-10(11)14/h3-6,15H,7H2,1-2H3. The van der Waals surface area contributed by atoms with Gasteiger partial charge in [-0.2, -0.15) is 0 Å². The van der Waals surface area contributed by atoms with E-state index in [1.54, 1.807) is 19.1 Å². The second-order valence-electron chi connectivity index (χ2n) is 4.13. The summed E-state index contributed by atoms with van der Waals surface area (Å²) in [6.07, 6.45) is 0. The molecule has 0 aliphatic carbocycles. The summed E-state index contributed by atoms with van der Waals surface area (Å²) < 4.78 is 24.0. The van der Waals surface area contributed by atoms with E-state index in [1.807, 2.05) is 0 Å². The molecule has 0 atom stereocenters. The Hall–Kier alpha value is -2.57. The number of benzene rings is 1. The average molecular weight is 280 g/mol. The van der Waals surface area contributed by atoms with E-state index in [-0.39, 0.29) is 18.0 Å². The van der Waals surface area contributed by atoms with Gasteiger partial charge in [0, 0.05) is 6.07 Å². The molecule has 0 saturated carbocycles. The van der Waals surface area contributed by atoms with Gasteiger partial charge >= 0.3 is 5.69 Å². The lowest BCUT2D eigenvalue weighted by Crippen LogP contribution is -2.03. The lowest BCUT2D eigenvalue weighted by Gasteiger charge is -2.08. The third kappa shape index (κ3) is 2.87. The van der Waals surface area contributed by atoms with Crippen molar-refractivity contribution >= 4 is 11.4 Å². The number of furan rings is 1. The van der Waals surface area contributed by atoms with Crippen molar-refractivity contribution in [1.29, 1.82) is 0 Å². The maximum Gasteiger partial charge on any atom is 0.313 e. The van der Waals surface area contributed by atoms with Crippen LogP contribution < -0.4 is 10.1 Å². The third-order valence-corrected chi connectivity index (χ3v) is 2.71. The fraction of sp³-hybridized carbons (Fsp3) is 0.231. The van der Waals surface area contributed by atoms with Crippen molar-refractivity contribution in [2.45, 2.75) is 13.5 Å². The number of nitrogens with one attached hydrogen (secondary N) is 1. The summed E-state index contributed by atoms with van der Waals surface area (Å²) >= 11 is 0. The number of methoxy groups -OCH3 is 1. The first-order valence-electron chi connectivity index (χ1n) is 5.82. The summed E-state index contributed by atoms with van der Waals surface area (Å²) in [5.41, 5.74) is -0.300. The Morgan fingerprint density at radius 3 is 2.75 bits per heavy atom. The van der Waals surface area contributed by atoms with Crippen LogP contribution >= 0.6 is 0 Å². The van der Waals surface area contributed by atoms with Crippen LogP contribution in [0.5, 0.6) is 5.75 Å². The smallest absolute Gasteiger partial charge is 0.313 e. The molecule has 106 valence electrons. The molecule has 7 heteroatoms. The second-order valence-corrected chi connectivity index (χ2v) is 4.13. The van der Waals surface area contributed by atoms with Gasteiger partial charge in [0.05, 0.1) is 30.3 Å². The minimum atomic E-state index is -0.722. The number of anilines is 1. The molecule has 2 rings (SSSR count). The largest absolute Gasteiger partial charge is 0.490 e. The molecule has 1 heterocycles. The summed E-state index contributed by atoms with van der Waals surface area (Å²) in [6, 6.07) is 5.64. The van der Waals surface area contributed by atoms with E-state index in [1.165, 1.54) is 13.2 Å². The minimum absolute atomic E-state index is 0.00507. The molecule has 0 bridgehead atoms. The molecule has 6 nitrogen and oxygen atoms in total. The van der Waals surface area contributed by atoms with Crippen LogP contribution in [0.1, 0.15) is 11.5 Å². The minimum Gasteiger partial charge on any atom is -0.490 e. The molecule has 1 N–H and O–H groups in total. The quantitative estimate of drug-likeness (QED) is 0.672. The number of rotatable bonds is 5. The first-order valence-corrected chi connectivity index (χ1v) is 5.82. The molecule has 0 fully saturated rings. The van der Waals surface area contributed by atoms with Crippen molar-refractivity contribution in [2.75, 3.05) is 12.4 Å². The number of halogens is 1. The summed E-state index contributed by atoms with van der Waals surface area (Å²) in [5, 5.41) is 13.6. The third-order valence-electron chi connectivity index (χ3n) is 2.71. The summed E-state index contributed by atoms with van der Waals surface area (Å²) in [4.78, 5) is 10.1. The number of nitro groups is 1. The summed E-state index contributed by atoms with van der Waals surface area (Å²) in [6.45, 7) is 2.07. The van der Waals surface area contributed by atoms with Crippen LogP contribution in [0, 0.1) is 22.9 Å². The zero-order valence-corrected chi connectivity index (χ0v) is 11.0. The van der Waals surface area contributed by atoms with Crippen molar-refractivity contribution in [2.24, 2.45) is 0 Å². The maximum atomic E-state index is 13.8. The van der Waals surface area contributed by atoms with Gasteiger partial charge in [-0.1, -0.05) is 0 Å². The Morgan fingerprint density at radius 1 is 1.45 bits per heavy atom. The van der Waals surface area contributed by atoms with Gasteiger partial charge in [0.2, 0.25) is 0 Å². The van der Waals surface area contributed by atoms with Crippen molar-refractivity contribution in [3.05, 3.63) is 51.7 Å². The van der Waals surface area contributed by atoms with E-state index < -0.39 is 16.4 Å². The van der Waals surface area contributed by atoms with Crippen molar-refractivity contribution in [1.82, 2.24) is 0 Å². The molecular formula is C13H13FN2O4. The Labute approximate surface area is 114 Å². The molecule has 0 aliphatic rings. The van der Waals surface area contributed by atoms with Crippen LogP contribution in [0.4, 0.5) is 15.8 Å². The number of ether oxygens (including phenoxy) is 1. The van der Waals surface area contributed by atoms with Gasteiger partial charge < -0.3 is 14.5 Å². The van der Waals surface area contributed by atoms with Gasteiger partial charge in [-0.05, 0) is 19.1 Å². The van der Waals surface area contributed by atoms with Gasteiger partial charge in [-0.3, -0.25) is 10.1 Å². The van der Waals surface area contributed by atoms with Crippen LogP contribution in [0.25, 0.3) is 0 Å². The average Bonchev–Trinajstić information content (AvgIpc) is 2.82. The van der Waals surface area contributed by atoms with Gasteiger partial charge in [0.15, 0.2) is 11.6 Å². The SMILES string of the molecule is COc1cc(NCc2ccc(C)o2)c(F)cc1[N+](=O)[O-]. The molecule has 0 radical (unpaired) electrons. The second kappa shape index (κ2) is 5.60. The first kappa shape index (κ1) is 13.9. The Kier molecular flexibility index (Phi) is 3.88. The van der Waals surface area contributed by atoms with Crippen molar-refractivity contribution in [3.63, 3.8) is 0 Å². The molecule has 0 amide bonds. The van der Waals surface area contributed by atoms with E-state index in [0.717, 1.165) is 11.8 Å². The molecular weight excluding hydrogens is 267 g/mol. The number of aryl methyl sites for hydroxylation is 1. The fourth-order valence-corrected chi connectivity index (χ4v) is 1.75. The van der Waals surface area contributed by atoms with Crippen molar-refractivity contribution < 1.29 is 18.5 Å². The van der Waals surface area contributed by atoms with Gasteiger partial charge in [0.1, 0.15) is 11.5 Å². The molecule has 1 aromatic heterocycles. The van der Waals surface area contributed by atoms with Gasteiger partial charge in [-0.15, -0.1) is 0 Å². The number of hydrogen-bond donors (Lipinski definition) is 1. The lowest BCUT2D eigenvalue weighted by molar-refractivity contribution is -0.385. The van der Waals surface area contributed by atoms with E-state index in [0.29, 0.717) is 5.76 Å². The first-order chi connectivity index (χ1) is 9.51. The highest BCUT2D eigenvalue weighted by Gasteiger charge is 2.19. The molecule has 0 aliphatic heterocycles. The van der Waals surface area contributed by atoms with E-state index in [9.17, 15) is 14.5 Å². The van der Waals surface area contributed by atoms with Crippen LogP contribution in [-0.2, 0) is 6.54 Å². The maximum absolute atomic E-state index is 13.8. The van der Waals surface area contributed by atoms with E-state index in [2.05, 4.69) is 5.32 Å². The van der Waals surface area contributed by atoms with Crippen LogP contribution in [0.3, 0.4) is 0 Å². The molecule has 0 saturated heterocycles. The van der Waals surface area contributed by atoms with Crippen molar-refractivity contribution in [3.8, 4) is 5.75 Å². The summed E-state index contributed by atoms with van der Waals surface area (Å²) in [7, 11) is 1.29. The highest BCUT2D eigenvalue weighted by atomic mass is 19.1. The zero-order valence-electron chi connectivity index (χ0n) is 11.0. The van der Waals surface area contributed by atoms with E-state index in [4.69, 9.17) is 9.15 Å². The fourth-order valence-electron chi connectivity index (χ4n) is 1.75. The highest BCUT2D eigenvalue weighted by molar-refractivity contribution is 5.59. The van der Waals surface area contributed by atoms with E-state index >= 15 is 0 Å². The van der Waals surface area contributed by atoms with Gasteiger partial charge in [-0.25, -0.2) is 4.39 Å². The Bertz CT molecular complexity index is 639. The molecule has 0 unspecified atom stereocenters. The Morgan fingerprint density at radius 2 is 2.20 bits per heavy atom. The zero-order chi connectivity index (χ0) is 14.7.